The number of guanidine groups is 1. The van der Waals surface area contributed by atoms with Gasteiger partial charge in [-0.3, -0.25) is 14.7 Å². The molecule has 1 aromatic rings. The van der Waals surface area contributed by atoms with Gasteiger partial charge in [-0.15, -0.1) is 35.3 Å². The molecule has 3 N–H and O–H groups in total. The number of piperidine rings is 1. The van der Waals surface area contributed by atoms with Crippen molar-refractivity contribution in [1.82, 2.24) is 25.8 Å². The monoisotopic (exact) mass is 548 g/mol. The van der Waals surface area contributed by atoms with Gasteiger partial charge in [-0.05, 0) is 19.8 Å². The summed E-state index contributed by atoms with van der Waals surface area (Å²) < 4.78 is 37.8. The van der Waals surface area contributed by atoms with Crippen LogP contribution in [0.3, 0.4) is 0 Å². The van der Waals surface area contributed by atoms with Crippen LogP contribution in [0.2, 0.25) is 0 Å². The topological polar surface area (TPSA) is 81.7 Å². The van der Waals surface area contributed by atoms with Gasteiger partial charge in [0.15, 0.2) is 11.7 Å². The van der Waals surface area contributed by atoms with Crippen molar-refractivity contribution in [2.24, 2.45) is 4.99 Å². The summed E-state index contributed by atoms with van der Waals surface area (Å²) in [5.41, 5.74) is -0.843. The Morgan fingerprint density at radius 3 is 2.62 bits per heavy atom. The summed E-state index contributed by atoms with van der Waals surface area (Å²) in [5, 5.41) is 10.6. The summed E-state index contributed by atoms with van der Waals surface area (Å²) in [4.78, 5) is 21.6. The van der Waals surface area contributed by atoms with Gasteiger partial charge in [0.1, 0.15) is 0 Å². The zero-order valence-corrected chi connectivity index (χ0v) is 19.7. The Bertz CT molecular complexity index is 662. The van der Waals surface area contributed by atoms with E-state index in [1.165, 1.54) is 0 Å². The number of rotatable bonds is 7. The van der Waals surface area contributed by atoms with E-state index >= 15 is 0 Å². The number of hydrogen-bond acceptors (Lipinski definition) is 5. The van der Waals surface area contributed by atoms with Crippen LogP contribution >= 0.6 is 35.3 Å². The van der Waals surface area contributed by atoms with Crippen LogP contribution in [-0.2, 0) is 17.4 Å². The molecule has 2 heterocycles. The maximum atomic E-state index is 12.6. The number of aliphatic imine (C=N–C) groups is 1. The third kappa shape index (κ3) is 9.03. The minimum absolute atomic E-state index is 0. The van der Waals surface area contributed by atoms with Gasteiger partial charge in [0.2, 0.25) is 5.91 Å². The largest absolute Gasteiger partial charge is 0.434 e. The number of amides is 1. The van der Waals surface area contributed by atoms with Crippen LogP contribution in [0, 0.1) is 0 Å². The summed E-state index contributed by atoms with van der Waals surface area (Å²) in [7, 11) is 1.63. The van der Waals surface area contributed by atoms with Crippen LogP contribution < -0.4 is 16.0 Å². The summed E-state index contributed by atoms with van der Waals surface area (Å²) in [6.07, 6.45) is -2.26. The second kappa shape index (κ2) is 12.5. The Labute approximate surface area is 190 Å². The van der Waals surface area contributed by atoms with Crippen molar-refractivity contribution in [3.05, 3.63) is 16.1 Å². The molecule has 1 amide bonds. The summed E-state index contributed by atoms with van der Waals surface area (Å²) in [5.74, 6) is 0.664. The lowest BCUT2D eigenvalue weighted by molar-refractivity contribution is -0.140. The molecule has 7 nitrogen and oxygen atoms in total. The van der Waals surface area contributed by atoms with Gasteiger partial charge in [0, 0.05) is 51.1 Å². The van der Waals surface area contributed by atoms with Gasteiger partial charge in [0.25, 0.3) is 0 Å². The van der Waals surface area contributed by atoms with Crippen LogP contribution in [0.25, 0.3) is 0 Å². The molecule has 0 bridgehead atoms. The maximum absolute atomic E-state index is 12.6. The molecule has 0 atom stereocenters. The zero-order valence-electron chi connectivity index (χ0n) is 16.5. The fourth-order valence-electron chi connectivity index (χ4n) is 2.85. The minimum atomic E-state index is -4.40. The fraction of sp³-hybridized carbons (Fsp3) is 0.706. The quantitative estimate of drug-likeness (QED) is 0.276. The molecule has 1 fully saturated rings. The zero-order chi connectivity index (χ0) is 20.6. The van der Waals surface area contributed by atoms with E-state index in [0.717, 1.165) is 42.6 Å². The second-order valence-electron chi connectivity index (χ2n) is 6.50. The van der Waals surface area contributed by atoms with Crippen molar-refractivity contribution in [1.29, 1.82) is 0 Å². The van der Waals surface area contributed by atoms with Crippen molar-refractivity contribution in [3.63, 3.8) is 0 Å². The standard InChI is InChI=1S/C17H27F3N6OS.HI/c1-3-22-16(23-7-4-15-25-13(11-28-15)17(18,19)20)24-12-5-8-26(9-6-12)10-14(27)21-2;/h11-12H,3-10H2,1-2H3,(H,21,27)(H2,22,23,24);1H. The number of halogens is 4. The number of carbonyl (C=O) groups is 1. The van der Waals surface area contributed by atoms with Gasteiger partial charge < -0.3 is 16.0 Å². The average molecular weight is 548 g/mol. The molecule has 0 spiro atoms. The highest BCUT2D eigenvalue weighted by Crippen LogP contribution is 2.30. The normalized spacial score (nSPS) is 16.2. The molecule has 0 radical (unpaired) electrons. The van der Waals surface area contributed by atoms with Gasteiger partial charge in [-0.1, -0.05) is 0 Å². The van der Waals surface area contributed by atoms with Crippen LogP contribution in [0.5, 0.6) is 0 Å². The first kappa shape index (κ1) is 25.9. The molecule has 0 aliphatic carbocycles. The van der Waals surface area contributed by atoms with Gasteiger partial charge in [0.05, 0.1) is 11.6 Å². The van der Waals surface area contributed by atoms with Gasteiger partial charge >= 0.3 is 6.18 Å². The first-order valence-electron chi connectivity index (χ1n) is 9.31. The minimum Gasteiger partial charge on any atom is -0.358 e. The summed E-state index contributed by atoms with van der Waals surface area (Å²) in [6, 6.07) is 0.246. The molecule has 0 unspecified atom stereocenters. The molecule has 0 saturated carbocycles. The molecule has 1 aromatic heterocycles. The van der Waals surface area contributed by atoms with E-state index in [2.05, 4.69) is 30.8 Å². The molecule has 29 heavy (non-hydrogen) atoms. The molecule has 0 aromatic carbocycles. The lowest BCUT2D eigenvalue weighted by Gasteiger charge is -2.32. The van der Waals surface area contributed by atoms with E-state index in [4.69, 9.17) is 0 Å². The Kier molecular flexibility index (Phi) is 11.2. The van der Waals surface area contributed by atoms with Crippen molar-refractivity contribution < 1.29 is 18.0 Å². The van der Waals surface area contributed by atoms with E-state index in [0.29, 0.717) is 37.0 Å². The smallest absolute Gasteiger partial charge is 0.358 e. The number of nitrogens with one attached hydrogen (secondary N) is 3. The molecular formula is C17H28F3IN6OS. The molecule has 166 valence electrons. The summed E-state index contributed by atoms with van der Waals surface area (Å²) in [6.45, 7) is 5.06. The van der Waals surface area contributed by atoms with Gasteiger partial charge in [-0.2, -0.15) is 13.2 Å². The first-order chi connectivity index (χ1) is 13.3. The van der Waals surface area contributed by atoms with Crippen LogP contribution in [0.4, 0.5) is 13.2 Å². The van der Waals surface area contributed by atoms with E-state index in [1.54, 1.807) is 7.05 Å². The number of carbonyl (C=O) groups excluding carboxylic acids is 1. The fourth-order valence-corrected chi connectivity index (χ4v) is 3.64. The average Bonchev–Trinajstić information content (AvgIpc) is 3.13. The molecule has 2 rings (SSSR count). The lowest BCUT2D eigenvalue weighted by atomic mass is 10.1. The molecule has 1 aliphatic rings. The second-order valence-corrected chi connectivity index (χ2v) is 7.45. The predicted octanol–water partition coefficient (Wildman–Crippen LogP) is 2.09. The van der Waals surface area contributed by atoms with Crippen molar-refractivity contribution in [2.45, 2.75) is 38.4 Å². The van der Waals surface area contributed by atoms with Crippen LogP contribution in [-0.4, -0.2) is 67.6 Å². The molecule has 1 saturated heterocycles. The predicted molar refractivity (Wildman–Crippen MR) is 119 cm³/mol. The number of likely N-dealkylation sites (N-methyl/N-ethyl adjacent to an activating group) is 1. The number of nitrogens with zero attached hydrogens (tertiary/aromatic N) is 3. The molecular weight excluding hydrogens is 520 g/mol. The Balaban J connectivity index is 0.00000420. The van der Waals surface area contributed by atoms with E-state index in [9.17, 15) is 18.0 Å². The Morgan fingerprint density at radius 2 is 2.07 bits per heavy atom. The number of hydrogen-bond donors (Lipinski definition) is 3. The Hall–Kier alpha value is -1.15. The van der Waals surface area contributed by atoms with Crippen LogP contribution in [0.15, 0.2) is 10.4 Å². The van der Waals surface area contributed by atoms with E-state index in [-0.39, 0.29) is 35.9 Å². The highest BCUT2D eigenvalue weighted by molar-refractivity contribution is 14.0. The van der Waals surface area contributed by atoms with Crippen molar-refractivity contribution in [3.8, 4) is 0 Å². The van der Waals surface area contributed by atoms with Crippen molar-refractivity contribution >= 4 is 47.2 Å². The number of alkyl halides is 3. The molecule has 12 heteroatoms. The first-order valence-corrected chi connectivity index (χ1v) is 10.2. The lowest BCUT2D eigenvalue weighted by Crippen LogP contribution is -2.50. The van der Waals surface area contributed by atoms with Crippen LogP contribution in [0.1, 0.15) is 30.5 Å². The van der Waals surface area contributed by atoms with Crippen molar-refractivity contribution in [2.75, 3.05) is 39.8 Å². The SMILES string of the molecule is CCNC(=NCCc1nc(C(F)(F)F)cs1)NC1CCN(CC(=O)NC)CC1.I. The number of likely N-dealkylation sites (tertiary alicyclic amines) is 1. The third-order valence-corrected chi connectivity index (χ3v) is 5.27. The highest BCUT2D eigenvalue weighted by atomic mass is 127. The van der Waals surface area contributed by atoms with E-state index < -0.39 is 11.9 Å². The molecule has 1 aliphatic heterocycles. The summed E-state index contributed by atoms with van der Waals surface area (Å²) >= 11 is 1.00. The Morgan fingerprint density at radius 1 is 1.38 bits per heavy atom. The maximum Gasteiger partial charge on any atom is 0.434 e. The number of thiazole rings is 1. The van der Waals surface area contributed by atoms with Gasteiger partial charge in [-0.25, -0.2) is 4.98 Å². The third-order valence-electron chi connectivity index (χ3n) is 4.36. The van der Waals surface area contributed by atoms with E-state index in [1.807, 2.05) is 6.92 Å². The highest BCUT2D eigenvalue weighted by Gasteiger charge is 2.33. The number of aromatic nitrogens is 1.